The Balaban J connectivity index is 1.50. The zero-order valence-electron chi connectivity index (χ0n) is 18.3. The molecule has 11 heteroatoms. The Morgan fingerprint density at radius 3 is 2.46 bits per heavy atom. The van der Waals surface area contributed by atoms with Crippen LogP contribution < -0.4 is 18.9 Å². The molecular formula is C24H18N2O9. The van der Waals surface area contributed by atoms with Crippen LogP contribution in [0, 0.1) is 20.2 Å². The number of nitrogens with zero attached hydrogens (tertiary/aromatic N) is 2. The Morgan fingerprint density at radius 2 is 1.74 bits per heavy atom. The fourth-order valence-corrected chi connectivity index (χ4v) is 3.31. The summed E-state index contributed by atoms with van der Waals surface area (Å²) in [5.74, 6) is 0.712. The van der Waals surface area contributed by atoms with Gasteiger partial charge in [-0.25, -0.2) is 4.79 Å². The van der Waals surface area contributed by atoms with Gasteiger partial charge in [-0.2, -0.15) is 0 Å². The van der Waals surface area contributed by atoms with Crippen molar-refractivity contribution in [3.05, 3.63) is 92.0 Å². The van der Waals surface area contributed by atoms with Crippen molar-refractivity contribution in [2.75, 3.05) is 13.7 Å². The number of non-ortho nitro benzene ring substituents is 1. The lowest BCUT2D eigenvalue weighted by Gasteiger charge is -2.25. The van der Waals surface area contributed by atoms with Crippen LogP contribution in [-0.4, -0.2) is 35.6 Å². The maximum Gasteiger partial charge on any atom is 0.356 e. The van der Waals surface area contributed by atoms with Gasteiger partial charge < -0.3 is 18.9 Å². The molecule has 0 N–H and O–H groups in total. The molecule has 0 aliphatic carbocycles. The molecule has 1 unspecified atom stereocenters. The summed E-state index contributed by atoms with van der Waals surface area (Å²) in [4.78, 5) is 33.4. The molecule has 0 spiro atoms. The molecule has 1 aliphatic heterocycles. The number of methoxy groups -OCH3 is 1. The van der Waals surface area contributed by atoms with Crippen molar-refractivity contribution in [3.63, 3.8) is 0 Å². The molecule has 0 saturated heterocycles. The average molecular weight is 478 g/mol. The van der Waals surface area contributed by atoms with Crippen LogP contribution in [0.1, 0.15) is 11.1 Å². The SMILES string of the molecule is COc1cc(C=Cc2ccc([N+](=O)[O-])cc2[N+](=O)[O-])ccc1OC(=O)C1COc2ccccc2O1. The zero-order valence-corrected chi connectivity index (χ0v) is 18.3. The quantitative estimate of drug-likeness (QED) is 0.159. The number of benzene rings is 3. The summed E-state index contributed by atoms with van der Waals surface area (Å²) in [6.45, 7) is -0.00694. The largest absolute Gasteiger partial charge is 0.493 e. The third-order valence-corrected chi connectivity index (χ3v) is 5.05. The highest BCUT2D eigenvalue weighted by Crippen LogP contribution is 2.33. The van der Waals surface area contributed by atoms with Gasteiger partial charge in [0, 0.05) is 6.07 Å². The van der Waals surface area contributed by atoms with E-state index in [9.17, 15) is 25.0 Å². The fraction of sp³-hybridized carbons (Fsp3) is 0.125. The number of hydrogen-bond acceptors (Lipinski definition) is 9. The molecule has 0 aromatic heterocycles. The third-order valence-electron chi connectivity index (χ3n) is 5.05. The molecule has 178 valence electrons. The predicted molar refractivity (Wildman–Crippen MR) is 124 cm³/mol. The number of nitro groups is 2. The molecule has 0 radical (unpaired) electrons. The van der Waals surface area contributed by atoms with E-state index in [-0.39, 0.29) is 29.4 Å². The van der Waals surface area contributed by atoms with Crippen LogP contribution in [0.15, 0.2) is 60.7 Å². The van der Waals surface area contributed by atoms with Gasteiger partial charge in [-0.3, -0.25) is 20.2 Å². The van der Waals surface area contributed by atoms with E-state index in [1.54, 1.807) is 42.5 Å². The maximum absolute atomic E-state index is 12.6. The molecule has 3 aromatic carbocycles. The standard InChI is InChI=1S/C24H18N2O9/c1-32-22-12-15(6-8-16-9-10-17(25(28)29)13-18(16)26(30)31)7-11-21(22)35-24(27)23-14-33-19-4-2-3-5-20(19)34-23/h2-13,23H,14H2,1H3. The fourth-order valence-electron chi connectivity index (χ4n) is 3.31. The Bertz CT molecular complexity index is 1340. The van der Waals surface area contributed by atoms with E-state index >= 15 is 0 Å². The number of ether oxygens (including phenoxy) is 4. The molecule has 0 saturated carbocycles. The number of para-hydroxylation sites is 2. The van der Waals surface area contributed by atoms with Crippen molar-refractivity contribution >= 4 is 29.5 Å². The molecule has 11 nitrogen and oxygen atoms in total. The van der Waals surface area contributed by atoms with E-state index in [0.717, 1.165) is 6.07 Å². The van der Waals surface area contributed by atoms with Crippen molar-refractivity contribution in [2.45, 2.75) is 6.10 Å². The van der Waals surface area contributed by atoms with Crippen LogP contribution in [0.25, 0.3) is 12.2 Å². The van der Waals surface area contributed by atoms with Gasteiger partial charge in [0.2, 0.25) is 6.10 Å². The minimum Gasteiger partial charge on any atom is -0.493 e. The molecule has 1 atom stereocenters. The summed E-state index contributed by atoms with van der Waals surface area (Å²) in [6.07, 6.45) is 2.06. The van der Waals surface area contributed by atoms with E-state index < -0.39 is 27.6 Å². The first-order chi connectivity index (χ1) is 16.9. The maximum atomic E-state index is 12.6. The molecule has 0 amide bonds. The second-order valence-electron chi connectivity index (χ2n) is 7.29. The van der Waals surface area contributed by atoms with E-state index in [1.165, 1.54) is 31.4 Å². The van der Waals surface area contributed by atoms with Crippen LogP contribution in [0.4, 0.5) is 11.4 Å². The van der Waals surface area contributed by atoms with Gasteiger partial charge in [0.1, 0.15) is 6.61 Å². The predicted octanol–water partition coefficient (Wildman–Crippen LogP) is 4.43. The number of carbonyl (C=O) groups is 1. The van der Waals surface area contributed by atoms with Crippen LogP contribution in [0.3, 0.4) is 0 Å². The molecule has 0 bridgehead atoms. The molecule has 0 fully saturated rings. The molecule has 1 heterocycles. The van der Waals surface area contributed by atoms with Crippen molar-refractivity contribution < 1.29 is 33.6 Å². The second kappa shape index (κ2) is 9.91. The summed E-state index contributed by atoms with van der Waals surface area (Å²) in [5, 5.41) is 22.2. The van der Waals surface area contributed by atoms with Crippen LogP contribution in [0.5, 0.6) is 23.0 Å². The highest BCUT2D eigenvalue weighted by molar-refractivity contribution is 5.80. The summed E-state index contributed by atoms with van der Waals surface area (Å²) in [6, 6.07) is 15.1. The average Bonchev–Trinajstić information content (AvgIpc) is 2.87. The van der Waals surface area contributed by atoms with E-state index in [1.807, 2.05) is 0 Å². The summed E-state index contributed by atoms with van der Waals surface area (Å²) in [5.41, 5.74) is -0.00737. The first-order valence-electron chi connectivity index (χ1n) is 10.2. The van der Waals surface area contributed by atoms with Crippen molar-refractivity contribution in [1.29, 1.82) is 0 Å². The van der Waals surface area contributed by atoms with Gasteiger partial charge in [-0.15, -0.1) is 0 Å². The van der Waals surface area contributed by atoms with Crippen molar-refractivity contribution in [2.24, 2.45) is 0 Å². The second-order valence-corrected chi connectivity index (χ2v) is 7.29. The smallest absolute Gasteiger partial charge is 0.356 e. The van der Waals surface area contributed by atoms with Gasteiger partial charge in [0.15, 0.2) is 23.0 Å². The Labute approximate surface area is 198 Å². The minimum absolute atomic E-state index is 0.00694. The first-order valence-corrected chi connectivity index (χ1v) is 10.2. The van der Waals surface area contributed by atoms with Gasteiger partial charge in [0.25, 0.3) is 11.4 Å². The first kappa shape index (κ1) is 23.2. The van der Waals surface area contributed by atoms with E-state index in [4.69, 9.17) is 18.9 Å². The molecule has 4 rings (SSSR count). The summed E-state index contributed by atoms with van der Waals surface area (Å²) in [7, 11) is 1.40. The zero-order chi connectivity index (χ0) is 24.9. The molecule has 1 aliphatic rings. The number of carbonyl (C=O) groups excluding carboxylic acids is 1. The van der Waals surface area contributed by atoms with Crippen LogP contribution in [-0.2, 0) is 4.79 Å². The summed E-state index contributed by atoms with van der Waals surface area (Å²) < 4.78 is 22.0. The number of hydrogen-bond donors (Lipinski definition) is 0. The molecule has 35 heavy (non-hydrogen) atoms. The van der Waals surface area contributed by atoms with Crippen LogP contribution >= 0.6 is 0 Å². The van der Waals surface area contributed by atoms with Crippen molar-refractivity contribution in [3.8, 4) is 23.0 Å². The van der Waals surface area contributed by atoms with Gasteiger partial charge in [0.05, 0.1) is 28.6 Å². The van der Waals surface area contributed by atoms with Crippen molar-refractivity contribution in [1.82, 2.24) is 0 Å². The Kier molecular flexibility index (Phi) is 6.58. The monoisotopic (exact) mass is 478 g/mol. The molecular weight excluding hydrogens is 460 g/mol. The summed E-state index contributed by atoms with van der Waals surface area (Å²) >= 11 is 0. The Hall–Kier alpha value is -4.93. The topological polar surface area (TPSA) is 140 Å². The lowest BCUT2D eigenvalue weighted by atomic mass is 10.1. The van der Waals surface area contributed by atoms with Gasteiger partial charge in [-0.1, -0.05) is 24.3 Å². The third kappa shape index (κ3) is 5.19. The van der Waals surface area contributed by atoms with Crippen LogP contribution in [0.2, 0.25) is 0 Å². The van der Waals surface area contributed by atoms with E-state index in [0.29, 0.717) is 17.1 Å². The lowest BCUT2D eigenvalue weighted by molar-refractivity contribution is -0.394. The highest BCUT2D eigenvalue weighted by Gasteiger charge is 2.29. The lowest BCUT2D eigenvalue weighted by Crippen LogP contribution is -2.39. The minimum atomic E-state index is -0.961. The number of esters is 1. The van der Waals surface area contributed by atoms with E-state index in [2.05, 4.69) is 0 Å². The Morgan fingerprint density at radius 1 is 0.971 bits per heavy atom. The van der Waals surface area contributed by atoms with Gasteiger partial charge in [-0.05, 0) is 42.0 Å². The highest BCUT2D eigenvalue weighted by atomic mass is 16.6. The number of rotatable bonds is 7. The number of fused-ring (bicyclic) bond motifs is 1. The number of nitro benzene ring substituents is 2. The van der Waals surface area contributed by atoms with Gasteiger partial charge >= 0.3 is 5.97 Å². The molecule has 3 aromatic rings. The normalized spacial score (nSPS) is 14.4.